The fraction of sp³-hybridized carbons (Fsp3) is 0.529. The van der Waals surface area contributed by atoms with Crippen LogP contribution in [0.2, 0.25) is 0 Å². The largest absolute Gasteiger partial charge is 0.480 e. The second-order valence-corrected chi connectivity index (χ2v) is 9.23. The molecule has 0 bridgehead atoms. The number of hydrogen-bond donors (Lipinski definition) is 2. The molecule has 7 heteroatoms. The van der Waals surface area contributed by atoms with Gasteiger partial charge in [-0.3, -0.25) is 4.79 Å². The number of benzene rings is 1. The van der Waals surface area contributed by atoms with E-state index in [2.05, 4.69) is 5.32 Å². The highest BCUT2D eigenvalue weighted by Crippen LogP contribution is 2.22. The molecule has 1 aromatic carbocycles. The molecule has 0 aromatic heterocycles. The van der Waals surface area contributed by atoms with Gasteiger partial charge in [-0.05, 0) is 42.9 Å². The summed E-state index contributed by atoms with van der Waals surface area (Å²) in [5.41, 5.74) is 0.699. The zero-order valence-electron chi connectivity index (χ0n) is 14.7. The molecule has 0 saturated heterocycles. The number of hydrogen-bond acceptors (Lipinski definition) is 4. The van der Waals surface area contributed by atoms with E-state index in [-0.39, 0.29) is 15.9 Å². The number of rotatable bonds is 6. The maximum Gasteiger partial charge on any atom is 0.326 e. The summed E-state index contributed by atoms with van der Waals surface area (Å²) in [4.78, 5) is 23.8. The Balaban J connectivity index is 3.02. The van der Waals surface area contributed by atoms with Crippen molar-refractivity contribution in [2.75, 3.05) is 6.26 Å². The quantitative estimate of drug-likeness (QED) is 0.816. The van der Waals surface area contributed by atoms with Crippen LogP contribution >= 0.6 is 0 Å². The van der Waals surface area contributed by atoms with E-state index >= 15 is 0 Å². The highest BCUT2D eigenvalue weighted by atomic mass is 32.2. The molecule has 0 fully saturated rings. The summed E-state index contributed by atoms with van der Waals surface area (Å²) in [5, 5.41) is 11.8. The van der Waals surface area contributed by atoms with Gasteiger partial charge in [-0.2, -0.15) is 0 Å². The maximum atomic E-state index is 12.4. The standard InChI is InChI=1S/C17H25NO5S/c1-11-6-7-12(24(5,22)23)10-13(11)15(19)18-14(16(20)21)8-9-17(2,3)4/h6-7,10,14H,8-9H2,1-5H3,(H,18,19)(H,20,21). The Kier molecular flexibility index (Phi) is 6.16. The van der Waals surface area contributed by atoms with Crippen LogP contribution in [0.15, 0.2) is 23.1 Å². The Morgan fingerprint density at radius 2 is 1.83 bits per heavy atom. The van der Waals surface area contributed by atoms with Gasteiger partial charge in [-0.25, -0.2) is 13.2 Å². The lowest BCUT2D eigenvalue weighted by atomic mass is 9.88. The molecule has 0 spiro atoms. The van der Waals surface area contributed by atoms with Crippen molar-refractivity contribution >= 4 is 21.7 Å². The van der Waals surface area contributed by atoms with Gasteiger partial charge in [0, 0.05) is 11.8 Å². The lowest BCUT2D eigenvalue weighted by Crippen LogP contribution is -2.41. The first-order chi connectivity index (χ1) is 10.8. The van der Waals surface area contributed by atoms with E-state index in [1.807, 2.05) is 20.8 Å². The van der Waals surface area contributed by atoms with Gasteiger partial charge >= 0.3 is 5.97 Å². The van der Waals surface area contributed by atoms with Crippen molar-refractivity contribution in [1.82, 2.24) is 5.32 Å². The minimum atomic E-state index is -3.45. The molecule has 1 unspecified atom stereocenters. The van der Waals surface area contributed by atoms with Gasteiger partial charge in [0.2, 0.25) is 0 Å². The van der Waals surface area contributed by atoms with Crippen LogP contribution in [0.3, 0.4) is 0 Å². The molecule has 1 amide bonds. The first-order valence-corrected chi connectivity index (χ1v) is 9.55. The number of aryl methyl sites for hydroxylation is 1. The third kappa shape index (κ3) is 5.96. The molecule has 134 valence electrons. The number of nitrogens with one attached hydrogen (secondary N) is 1. The second kappa shape index (κ2) is 7.34. The third-order valence-corrected chi connectivity index (χ3v) is 4.78. The average molecular weight is 355 g/mol. The lowest BCUT2D eigenvalue weighted by molar-refractivity contribution is -0.139. The molecular weight excluding hydrogens is 330 g/mol. The van der Waals surface area contributed by atoms with Crippen LogP contribution in [-0.4, -0.2) is 37.7 Å². The van der Waals surface area contributed by atoms with Gasteiger partial charge in [0.1, 0.15) is 6.04 Å². The molecule has 0 heterocycles. The number of carboxylic acid groups (broad SMARTS) is 1. The molecule has 24 heavy (non-hydrogen) atoms. The van der Waals surface area contributed by atoms with E-state index in [4.69, 9.17) is 0 Å². The molecule has 2 N–H and O–H groups in total. The van der Waals surface area contributed by atoms with Crippen LogP contribution < -0.4 is 5.32 Å². The molecule has 1 aromatic rings. The number of carboxylic acids is 1. The van der Waals surface area contributed by atoms with Gasteiger partial charge in [-0.15, -0.1) is 0 Å². The predicted octanol–water partition coefficient (Wildman–Crippen LogP) is 2.41. The minimum absolute atomic E-state index is 0.0276. The van der Waals surface area contributed by atoms with E-state index in [1.165, 1.54) is 18.2 Å². The zero-order valence-corrected chi connectivity index (χ0v) is 15.5. The second-order valence-electron chi connectivity index (χ2n) is 7.21. The normalized spacial score (nSPS) is 13.4. The summed E-state index contributed by atoms with van der Waals surface area (Å²) < 4.78 is 23.3. The van der Waals surface area contributed by atoms with Gasteiger partial charge in [0.15, 0.2) is 9.84 Å². The number of amides is 1. The van der Waals surface area contributed by atoms with Crippen molar-refractivity contribution in [3.05, 3.63) is 29.3 Å². The van der Waals surface area contributed by atoms with E-state index < -0.39 is 27.8 Å². The van der Waals surface area contributed by atoms with Crippen LogP contribution in [0, 0.1) is 12.3 Å². The summed E-state index contributed by atoms with van der Waals surface area (Å²) in [7, 11) is -3.45. The van der Waals surface area contributed by atoms with Crippen molar-refractivity contribution in [1.29, 1.82) is 0 Å². The fourth-order valence-corrected chi connectivity index (χ4v) is 2.79. The van der Waals surface area contributed by atoms with Crippen LogP contribution in [0.4, 0.5) is 0 Å². The lowest BCUT2D eigenvalue weighted by Gasteiger charge is -2.22. The first kappa shape index (κ1) is 20.2. The smallest absolute Gasteiger partial charge is 0.326 e. The van der Waals surface area contributed by atoms with Gasteiger partial charge in [-0.1, -0.05) is 26.8 Å². The zero-order chi connectivity index (χ0) is 18.7. The summed E-state index contributed by atoms with van der Waals surface area (Å²) >= 11 is 0. The monoisotopic (exact) mass is 355 g/mol. The summed E-state index contributed by atoms with van der Waals surface area (Å²) in [6.07, 6.45) is 1.99. The molecule has 6 nitrogen and oxygen atoms in total. The van der Waals surface area contributed by atoms with Crippen molar-refractivity contribution in [2.24, 2.45) is 5.41 Å². The van der Waals surface area contributed by atoms with Crippen molar-refractivity contribution < 1.29 is 23.1 Å². The van der Waals surface area contributed by atoms with Gasteiger partial charge < -0.3 is 10.4 Å². The van der Waals surface area contributed by atoms with E-state index in [1.54, 1.807) is 6.92 Å². The highest BCUT2D eigenvalue weighted by Gasteiger charge is 2.24. The van der Waals surface area contributed by atoms with Crippen LogP contribution in [0.25, 0.3) is 0 Å². The molecule has 0 saturated carbocycles. The molecule has 0 aliphatic heterocycles. The number of sulfone groups is 1. The van der Waals surface area contributed by atoms with Gasteiger partial charge in [0.25, 0.3) is 5.91 Å². The maximum absolute atomic E-state index is 12.4. The minimum Gasteiger partial charge on any atom is -0.480 e. The molecule has 0 aliphatic carbocycles. The predicted molar refractivity (Wildman–Crippen MR) is 91.9 cm³/mol. The molecule has 0 radical (unpaired) electrons. The Morgan fingerprint density at radius 3 is 2.29 bits per heavy atom. The first-order valence-electron chi connectivity index (χ1n) is 7.65. The number of carbonyl (C=O) groups is 2. The topological polar surface area (TPSA) is 101 Å². The molecule has 1 atom stereocenters. The Morgan fingerprint density at radius 1 is 1.25 bits per heavy atom. The van der Waals surface area contributed by atoms with E-state index in [0.717, 1.165) is 6.26 Å². The molecule has 1 rings (SSSR count). The third-order valence-electron chi connectivity index (χ3n) is 3.67. The van der Waals surface area contributed by atoms with Crippen molar-refractivity contribution in [3.8, 4) is 0 Å². The number of aliphatic carboxylic acids is 1. The highest BCUT2D eigenvalue weighted by molar-refractivity contribution is 7.90. The Hall–Kier alpha value is -1.89. The Labute approximate surface area is 143 Å². The summed E-state index contributed by atoms with van der Waals surface area (Å²) in [6, 6.07) is 3.23. The fourth-order valence-electron chi connectivity index (χ4n) is 2.15. The average Bonchev–Trinajstić information content (AvgIpc) is 2.40. The van der Waals surface area contributed by atoms with Crippen LogP contribution in [-0.2, 0) is 14.6 Å². The number of carbonyl (C=O) groups excluding carboxylic acids is 1. The summed E-state index contributed by atoms with van der Waals surface area (Å²) in [6.45, 7) is 7.65. The SMILES string of the molecule is Cc1ccc(S(C)(=O)=O)cc1C(=O)NC(CCC(C)(C)C)C(=O)O. The van der Waals surface area contributed by atoms with E-state index in [9.17, 15) is 23.1 Å². The van der Waals surface area contributed by atoms with Gasteiger partial charge in [0.05, 0.1) is 4.90 Å². The van der Waals surface area contributed by atoms with Crippen LogP contribution in [0.5, 0.6) is 0 Å². The molecule has 0 aliphatic rings. The summed E-state index contributed by atoms with van der Waals surface area (Å²) in [5.74, 6) is -1.69. The van der Waals surface area contributed by atoms with Crippen LogP contribution in [0.1, 0.15) is 49.5 Å². The molecular formula is C17H25NO5S. The van der Waals surface area contributed by atoms with Crippen molar-refractivity contribution in [2.45, 2.75) is 51.5 Å². The van der Waals surface area contributed by atoms with E-state index in [0.29, 0.717) is 18.4 Å². The Bertz CT molecular complexity index is 732. The van der Waals surface area contributed by atoms with Crippen molar-refractivity contribution in [3.63, 3.8) is 0 Å².